The van der Waals surface area contributed by atoms with E-state index in [1.807, 2.05) is 24.3 Å². The molecule has 4 N–H and O–H groups in total. The maximum Gasteiger partial charge on any atom is 0.0681 e. The maximum absolute atomic E-state index is 8.81. The summed E-state index contributed by atoms with van der Waals surface area (Å²) in [4.78, 5) is 0. The van der Waals surface area contributed by atoms with Gasteiger partial charge in [-0.05, 0) is 30.7 Å². The van der Waals surface area contributed by atoms with E-state index < -0.39 is 0 Å². The van der Waals surface area contributed by atoms with Crippen molar-refractivity contribution >= 4 is 5.69 Å². The van der Waals surface area contributed by atoms with Gasteiger partial charge in [0.05, 0.1) is 6.61 Å². The molecule has 0 saturated heterocycles. The summed E-state index contributed by atoms with van der Waals surface area (Å²) in [7, 11) is 0. The first kappa shape index (κ1) is 10.0. The minimum Gasteiger partial charge on any atom is -0.392 e. The zero-order chi connectivity index (χ0) is 9.52. The van der Waals surface area contributed by atoms with Gasteiger partial charge in [-0.3, -0.25) is 0 Å². The SMILES string of the molecule is NCCCNc1ccc(CO)cc1. The van der Waals surface area contributed by atoms with Crippen LogP contribution in [0.5, 0.6) is 0 Å². The lowest BCUT2D eigenvalue weighted by Gasteiger charge is -2.05. The van der Waals surface area contributed by atoms with Gasteiger partial charge in [0.15, 0.2) is 0 Å². The summed E-state index contributed by atoms with van der Waals surface area (Å²) in [6.07, 6.45) is 0.974. The summed E-state index contributed by atoms with van der Waals surface area (Å²) < 4.78 is 0. The van der Waals surface area contributed by atoms with Crippen molar-refractivity contribution in [2.24, 2.45) is 5.73 Å². The summed E-state index contributed by atoms with van der Waals surface area (Å²) in [6, 6.07) is 7.74. The van der Waals surface area contributed by atoms with E-state index in [1.165, 1.54) is 0 Å². The molecule has 0 heterocycles. The molecule has 0 amide bonds. The third-order valence-corrected chi connectivity index (χ3v) is 1.85. The second kappa shape index (κ2) is 5.56. The van der Waals surface area contributed by atoms with Crippen LogP contribution in [0.2, 0.25) is 0 Å². The van der Waals surface area contributed by atoms with E-state index in [0.29, 0.717) is 6.54 Å². The van der Waals surface area contributed by atoms with Crippen LogP contribution in [-0.4, -0.2) is 18.2 Å². The Hall–Kier alpha value is -1.06. The Morgan fingerprint density at radius 2 is 1.92 bits per heavy atom. The van der Waals surface area contributed by atoms with Gasteiger partial charge in [-0.25, -0.2) is 0 Å². The van der Waals surface area contributed by atoms with Crippen molar-refractivity contribution in [1.29, 1.82) is 0 Å². The van der Waals surface area contributed by atoms with Crippen molar-refractivity contribution in [3.63, 3.8) is 0 Å². The van der Waals surface area contributed by atoms with Crippen molar-refractivity contribution < 1.29 is 5.11 Å². The smallest absolute Gasteiger partial charge is 0.0681 e. The lowest BCUT2D eigenvalue weighted by molar-refractivity contribution is 0.282. The second-order valence-electron chi connectivity index (χ2n) is 2.92. The first-order valence-electron chi connectivity index (χ1n) is 4.50. The molecule has 0 fully saturated rings. The Morgan fingerprint density at radius 3 is 2.46 bits per heavy atom. The van der Waals surface area contributed by atoms with Crippen LogP contribution >= 0.6 is 0 Å². The molecule has 3 nitrogen and oxygen atoms in total. The molecule has 0 radical (unpaired) electrons. The Kier molecular flexibility index (Phi) is 4.29. The molecule has 0 aliphatic carbocycles. The van der Waals surface area contributed by atoms with Crippen LogP contribution in [0.15, 0.2) is 24.3 Å². The van der Waals surface area contributed by atoms with E-state index >= 15 is 0 Å². The highest BCUT2D eigenvalue weighted by Gasteiger charge is 1.91. The first-order valence-corrected chi connectivity index (χ1v) is 4.50. The predicted molar refractivity (Wildman–Crippen MR) is 54.5 cm³/mol. The van der Waals surface area contributed by atoms with Crippen molar-refractivity contribution in [1.82, 2.24) is 0 Å². The van der Waals surface area contributed by atoms with Crippen LogP contribution in [0.25, 0.3) is 0 Å². The number of nitrogens with two attached hydrogens (primary N) is 1. The lowest BCUT2D eigenvalue weighted by atomic mass is 10.2. The van der Waals surface area contributed by atoms with E-state index in [9.17, 15) is 0 Å². The molecule has 1 aromatic carbocycles. The first-order chi connectivity index (χ1) is 6.36. The molecule has 13 heavy (non-hydrogen) atoms. The van der Waals surface area contributed by atoms with E-state index in [0.717, 1.165) is 24.2 Å². The van der Waals surface area contributed by atoms with Crippen molar-refractivity contribution in [3.05, 3.63) is 29.8 Å². The molecule has 0 aromatic heterocycles. The minimum atomic E-state index is 0.100. The maximum atomic E-state index is 8.81. The molecule has 0 aliphatic rings. The number of aliphatic hydroxyl groups is 1. The van der Waals surface area contributed by atoms with Gasteiger partial charge in [0.2, 0.25) is 0 Å². The molecule has 0 unspecified atom stereocenters. The predicted octanol–water partition coefficient (Wildman–Crippen LogP) is 0.940. The van der Waals surface area contributed by atoms with Crippen LogP contribution < -0.4 is 11.1 Å². The highest BCUT2D eigenvalue weighted by Crippen LogP contribution is 2.08. The molecule has 1 rings (SSSR count). The van der Waals surface area contributed by atoms with Gasteiger partial charge in [0.1, 0.15) is 0 Å². The van der Waals surface area contributed by atoms with E-state index in [1.54, 1.807) is 0 Å². The molecule has 0 atom stereocenters. The zero-order valence-electron chi connectivity index (χ0n) is 7.66. The fraction of sp³-hybridized carbons (Fsp3) is 0.400. The third-order valence-electron chi connectivity index (χ3n) is 1.85. The Morgan fingerprint density at radius 1 is 1.23 bits per heavy atom. The Bertz CT molecular complexity index is 233. The molecule has 72 valence electrons. The summed E-state index contributed by atoms with van der Waals surface area (Å²) in [5, 5.41) is 12.0. The van der Waals surface area contributed by atoms with Crippen LogP contribution in [0, 0.1) is 0 Å². The summed E-state index contributed by atoms with van der Waals surface area (Å²) in [5.74, 6) is 0. The van der Waals surface area contributed by atoms with Gasteiger partial charge in [-0.1, -0.05) is 12.1 Å². The standard InChI is InChI=1S/C10H16N2O/c11-6-1-7-12-10-4-2-9(8-13)3-5-10/h2-5,12-13H,1,6-8,11H2. The van der Waals surface area contributed by atoms with Crippen molar-refractivity contribution in [2.75, 3.05) is 18.4 Å². The lowest BCUT2D eigenvalue weighted by Crippen LogP contribution is -2.08. The molecule has 0 aliphatic heterocycles. The van der Waals surface area contributed by atoms with Crippen LogP contribution in [-0.2, 0) is 6.61 Å². The van der Waals surface area contributed by atoms with Gasteiger partial charge in [0.25, 0.3) is 0 Å². The topological polar surface area (TPSA) is 58.3 Å². The number of rotatable bonds is 5. The molecular formula is C10H16N2O. The molecule has 0 saturated carbocycles. The van der Waals surface area contributed by atoms with Gasteiger partial charge >= 0.3 is 0 Å². The van der Waals surface area contributed by atoms with Crippen LogP contribution in [0.4, 0.5) is 5.69 Å². The molecule has 0 bridgehead atoms. The van der Waals surface area contributed by atoms with E-state index in [4.69, 9.17) is 10.8 Å². The number of hydrogen-bond acceptors (Lipinski definition) is 3. The number of benzene rings is 1. The van der Waals surface area contributed by atoms with Gasteiger partial charge in [0, 0.05) is 12.2 Å². The van der Waals surface area contributed by atoms with Crippen LogP contribution in [0.3, 0.4) is 0 Å². The van der Waals surface area contributed by atoms with Crippen LogP contribution in [0.1, 0.15) is 12.0 Å². The van der Waals surface area contributed by atoms with Gasteiger partial charge in [-0.2, -0.15) is 0 Å². The van der Waals surface area contributed by atoms with E-state index in [2.05, 4.69) is 5.32 Å². The highest BCUT2D eigenvalue weighted by atomic mass is 16.3. The van der Waals surface area contributed by atoms with Gasteiger partial charge in [-0.15, -0.1) is 0 Å². The summed E-state index contributed by atoms with van der Waals surface area (Å²) in [5.41, 5.74) is 7.37. The van der Waals surface area contributed by atoms with Crippen molar-refractivity contribution in [3.8, 4) is 0 Å². The highest BCUT2D eigenvalue weighted by molar-refractivity contribution is 5.44. The normalized spacial score (nSPS) is 10.0. The molecule has 0 spiro atoms. The Labute approximate surface area is 78.6 Å². The van der Waals surface area contributed by atoms with Gasteiger partial charge < -0.3 is 16.2 Å². The monoisotopic (exact) mass is 180 g/mol. The largest absolute Gasteiger partial charge is 0.392 e. The molecular weight excluding hydrogens is 164 g/mol. The third kappa shape index (κ3) is 3.44. The zero-order valence-corrected chi connectivity index (χ0v) is 7.66. The molecule has 3 heteroatoms. The average molecular weight is 180 g/mol. The summed E-state index contributed by atoms with van der Waals surface area (Å²) in [6.45, 7) is 1.71. The fourth-order valence-corrected chi connectivity index (χ4v) is 1.06. The minimum absolute atomic E-state index is 0.100. The fourth-order valence-electron chi connectivity index (χ4n) is 1.06. The number of anilines is 1. The second-order valence-corrected chi connectivity index (χ2v) is 2.92. The Balaban J connectivity index is 2.40. The summed E-state index contributed by atoms with van der Waals surface area (Å²) >= 11 is 0. The van der Waals surface area contributed by atoms with E-state index in [-0.39, 0.29) is 6.61 Å². The number of hydrogen-bond donors (Lipinski definition) is 3. The number of nitrogens with one attached hydrogen (secondary N) is 1. The molecule has 1 aromatic rings. The average Bonchev–Trinajstić information content (AvgIpc) is 2.19. The quantitative estimate of drug-likeness (QED) is 0.591. The van der Waals surface area contributed by atoms with Crippen molar-refractivity contribution in [2.45, 2.75) is 13.0 Å². The number of aliphatic hydroxyl groups excluding tert-OH is 1.